The number of aryl methyl sites for hydroxylation is 1. The van der Waals surface area contributed by atoms with Crippen LogP contribution in [0.4, 0.5) is 0 Å². The Balaban J connectivity index is 2.75. The zero-order valence-corrected chi connectivity index (χ0v) is 11.8. The Kier molecular flexibility index (Phi) is 4.91. The van der Waals surface area contributed by atoms with Crippen molar-refractivity contribution < 1.29 is 4.79 Å². The Labute approximate surface area is 110 Å². The molecule has 0 aliphatic rings. The summed E-state index contributed by atoms with van der Waals surface area (Å²) in [5, 5.41) is 3.04. The number of nitrogens with one attached hydrogen (secondary N) is 1. The minimum atomic E-state index is -0.594. The van der Waals surface area contributed by atoms with Gasteiger partial charge < -0.3 is 11.1 Å². The maximum atomic E-state index is 12.1. The minimum absolute atomic E-state index is 0.106. The van der Waals surface area contributed by atoms with E-state index in [0.29, 0.717) is 0 Å². The van der Waals surface area contributed by atoms with E-state index in [1.54, 1.807) is 0 Å². The van der Waals surface area contributed by atoms with E-state index in [0.717, 1.165) is 18.4 Å². The molecule has 18 heavy (non-hydrogen) atoms. The molecule has 1 aromatic rings. The van der Waals surface area contributed by atoms with Crippen LogP contribution in [0, 0.1) is 6.92 Å². The van der Waals surface area contributed by atoms with E-state index < -0.39 is 6.04 Å². The fraction of sp³-hybridized carbons (Fsp3) is 0.533. The van der Waals surface area contributed by atoms with Gasteiger partial charge in [-0.3, -0.25) is 4.79 Å². The zero-order valence-electron chi connectivity index (χ0n) is 11.8. The third-order valence-corrected chi connectivity index (χ3v) is 3.70. The first-order valence-electron chi connectivity index (χ1n) is 6.56. The molecule has 0 radical (unpaired) electrons. The van der Waals surface area contributed by atoms with E-state index in [4.69, 9.17) is 5.73 Å². The number of hydrogen-bond acceptors (Lipinski definition) is 2. The number of nitrogens with two attached hydrogens (primary N) is 1. The van der Waals surface area contributed by atoms with Crippen LogP contribution in [0.5, 0.6) is 0 Å². The highest BCUT2D eigenvalue weighted by Gasteiger charge is 2.25. The van der Waals surface area contributed by atoms with Crippen molar-refractivity contribution in [3.05, 3.63) is 35.4 Å². The lowest BCUT2D eigenvalue weighted by Gasteiger charge is -2.29. The maximum Gasteiger partial charge on any atom is 0.241 e. The van der Waals surface area contributed by atoms with Gasteiger partial charge >= 0.3 is 0 Å². The maximum absolute atomic E-state index is 12.1. The first kappa shape index (κ1) is 14.7. The van der Waals surface area contributed by atoms with Gasteiger partial charge in [-0.2, -0.15) is 0 Å². The van der Waals surface area contributed by atoms with Crippen molar-refractivity contribution in [3.63, 3.8) is 0 Å². The van der Waals surface area contributed by atoms with Gasteiger partial charge in [0, 0.05) is 5.54 Å². The van der Waals surface area contributed by atoms with E-state index in [1.807, 2.05) is 38.1 Å². The molecule has 1 rings (SSSR count). The highest BCUT2D eigenvalue weighted by Crippen LogP contribution is 2.17. The van der Waals surface area contributed by atoms with Gasteiger partial charge in [-0.15, -0.1) is 0 Å². The van der Waals surface area contributed by atoms with Crippen LogP contribution in [0.1, 0.15) is 50.8 Å². The molecule has 3 nitrogen and oxygen atoms in total. The van der Waals surface area contributed by atoms with Crippen molar-refractivity contribution in [1.82, 2.24) is 5.32 Å². The van der Waals surface area contributed by atoms with Crippen molar-refractivity contribution in [2.75, 3.05) is 0 Å². The molecule has 1 aromatic carbocycles. The lowest BCUT2D eigenvalue weighted by molar-refractivity contribution is -0.124. The number of hydrogen-bond donors (Lipinski definition) is 2. The molecule has 1 unspecified atom stereocenters. The second-order valence-corrected chi connectivity index (χ2v) is 5.15. The molecule has 3 heteroatoms. The molecule has 0 bridgehead atoms. The molecule has 0 saturated carbocycles. The smallest absolute Gasteiger partial charge is 0.241 e. The lowest BCUT2D eigenvalue weighted by Crippen LogP contribution is -2.48. The normalized spacial score (nSPS) is 13.2. The quantitative estimate of drug-likeness (QED) is 0.841. The highest BCUT2D eigenvalue weighted by atomic mass is 16.2. The molecule has 1 amide bonds. The van der Waals surface area contributed by atoms with Crippen LogP contribution >= 0.6 is 0 Å². The van der Waals surface area contributed by atoms with Crippen LogP contribution < -0.4 is 11.1 Å². The van der Waals surface area contributed by atoms with Gasteiger partial charge in [-0.25, -0.2) is 0 Å². The molecular formula is C15H24N2O. The molecular weight excluding hydrogens is 224 g/mol. The molecule has 1 atom stereocenters. The monoisotopic (exact) mass is 248 g/mol. The van der Waals surface area contributed by atoms with E-state index in [1.165, 1.54) is 5.56 Å². The molecule has 0 saturated heterocycles. The summed E-state index contributed by atoms with van der Waals surface area (Å²) in [6.07, 6.45) is 1.80. The Bertz CT molecular complexity index is 393. The minimum Gasteiger partial charge on any atom is -0.349 e. The van der Waals surface area contributed by atoms with Crippen molar-refractivity contribution in [1.29, 1.82) is 0 Å². The largest absolute Gasteiger partial charge is 0.349 e. The van der Waals surface area contributed by atoms with E-state index in [9.17, 15) is 4.79 Å². The van der Waals surface area contributed by atoms with Crippen LogP contribution in [0.2, 0.25) is 0 Å². The van der Waals surface area contributed by atoms with Crippen molar-refractivity contribution in [3.8, 4) is 0 Å². The average Bonchev–Trinajstić information content (AvgIpc) is 2.38. The number of carbonyl (C=O) groups is 1. The number of amides is 1. The van der Waals surface area contributed by atoms with Gasteiger partial charge in [-0.1, -0.05) is 43.7 Å². The van der Waals surface area contributed by atoms with Gasteiger partial charge in [0.25, 0.3) is 0 Å². The van der Waals surface area contributed by atoms with Crippen LogP contribution in [-0.4, -0.2) is 11.4 Å². The summed E-state index contributed by atoms with van der Waals surface area (Å²) >= 11 is 0. The highest BCUT2D eigenvalue weighted by molar-refractivity contribution is 5.83. The second kappa shape index (κ2) is 6.01. The molecule has 0 aromatic heterocycles. The fourth-order valence-electron chi connectivity index (χ4n) is 1.73. The molecule has 0 spiro atoms. The summed E-state index contributed by atoms with van der Waals surface area (Å²) in [7, 11) is 0. The summed E-state index contributed by atoms with van der Waals surface area (Å²) in [5.74, 6) is -0.106. The Morgan fingerprint density at radius 2 is 1.78 bits per heavy atom. The molecule has 0 aliphatic heterocycles. The molecule has 0 aliphatic carbocycles. The summed E-state index contributed by atoms with van der Waals surface area (Å²) in [6.45, 7) is 8.20. The van der Waals surface area contributed by atoms with Crippen LogP contribution in [0.25, 0.3) is 0 Å². The standard InChI is InChI=1S/C15H24N2O/c1-5-15(4,6-2)17-14(18)13(16)12-9-7-11(3)8-10-12/h7-10,13H,5-6,16H2,1-4H3,(H,17,18). The SMILES string of the molecule is CCC(C)(CC)NC(=O)C(N)c1ccc(C)cc1. The first-order valence-corrected chi connectivity index (χ1v) is 6.56. The summed E-state index contributed by atoms with van der Waals surface area (Å²) in [4.78, 5) is 12.1. The van der Waals surface area contributed by atoms with Gasteiger partial charge in [-0.05, 0) is 32.3 Å². The van der Waals surface area contributed by atoms with E-state index >= 15 is 0 Å². The predicted octanol–water partition coefficient (Wildman–Crippen LogP) is 2.69. The number of benzene rings is 1. The third-order valence-electron chi connectivity index (χ3n) is 3.70. The van der Waals surface area contributed by atoms with Crippen LogP contribution in [0.15, 0.2) is 24.3 Å². The van der Waals surface area contributed by atoms with Gasteiger partial charge in [0.1, 0.15) is 6.04 Å². The summed E-state index contributed by atoms with van der Waals surface area (Å²) in [5.41, 5.74) is 7.85. The average molecular weight is 248 g/mol. The Hall–Kier alpha value is -1.35. The van der Waals surface area contributed by atoms with Crippen molar-refractivity contribution in [2.24, 2.45) is 5.73 Å². The molecule has 3 N–H and O–H groups in total. The zero-order chi connectivity index (χ0) is 13.8. The van der Waals surface area contributed by atoms with Gasteiger partial charge in [0.2, 0.25) is 5.91 Å². The van der Waals surface area contributed by atoms with E-state index in [2.05, 4.69) is 19.2 Å². The van der Waals surface area contributed by atoms with Crippen molar-refractivity contribution in [2.45, 2.75) is 52.1 Å². The molecule has 0 fully saturated rings. The van der Waals surface area contributed by atoms with E-state index in [-0.39, 0.29) is 11.4 Å². The second-order valence-electron chi connectivity index (χ2n) is 5.15. The van der Waals surface area contributed by atoms with Crippen LogP contribution in [-0.2, 0) is 4.79 Å². The Morgan fingerprint density at radius 3 is 2.22 bits per heavy atom. The number of carbonyl (C=O) groups excluding carboxylic acids is 1. The van der Waals surface area contributed by atoms with Crippen molar-refractivity contribution >= 4 is 5.91 Å². The molecule has 0 heterocycles. The lowest BCUT2D eigenvalue weighted by atomic mass is 9.94. The topological polar surface area (TPSA) is 55.1 Å². The summed E-state index contributed by atoms with van der Waals surface area (Å²) in [6, 6.07) is 7.18. The number of rotatable bonds is 5. The predicted molar refractivity (Wildman–Crippen MR) is 75.2 cm³/mol. The van der Waals surface area contributed by atoms with Gasteiger partial charge in [0.15, 0.2) is 0 Å². The summed E-state index contributed by atoms with van der Waals surface area (Å²) < 4.78 is 0. The molecule has 100 valence electrons. The van der Waals surface area contributed by atoms with Crippen LogP contribution in [0.3, 0.4) is 0 Å². The first-order chi connectivity index (χ1) is 8.41. The van der Waals surface area contributed by atoms with Gasteiger partial charge in [0.05, 0.1) is 0 Å². The fourth-order valence-corrected chi connectivity index (χ4v) is 1.73. The third kappa shape index (κ3) is 3.57. The Morgan fingerprint density at radius 1 is 1.28 bits per heavy atom.